The number of ether oxygens (including phenoxy) is 2. The van der Waals surface area contributed by atoms with E-state index in [1.807, 2.05) is 17.0 Å². The van der Waals surface area contributed by atoms with Gasteiger partial charge in [-0.25, -0.2) is 0 Å². The maximum absolute atomic E-state index is 12.7. The normalized spacial score (nSPS) is 15.4. The van der Waals surface area contributed by atoms with Gasteiger partial charge in [0.15, 0.2) is 11.5 Å². The summed E-state index contributed by atoms with van der Waals surface area (Å²) >= 11 is 0. The minimum atomic E-state index is -4.40. The first-order valence-corrected chi connectivity index (χ1v) is 9.19. The molecule has 2 aromatic rings. The van der Waals surface area contributed by atoms with E-state index in [1.165, 1.54) is 12.1 Å². The van der Waals surface area contributed by atoms with Crippen LogP contribution in [0.1, 0.15) is 23.6 Å². The Morgan fingerprint density at radius 2 is 1.66 bits per heavy atom. The van der Waals surface area contributed by atoms with E-state index in [9.17, 15) is 18.0 Å². The first kappa shape index (κ1) is 21.0. The highest BCUT2D eigenvalue weighted by Crippen LogP contribution is 2.34. The zero-order valence-electron chi connectivity index (χ0n) is 16.5. The summed E-state index contributed by atoms with van der Waals surface area (Å²) in [5, 5.41) is 2.69. The zero-order chi connectivity index (χ0) is 21.2. The number of hydrogen-bond donors (Lipinski definition) is 1. The number of carbonyl (C=O) groups excluding carboxylic acids is 1. The van der Waals surface area contributed by atoms with Gasteiger partial charge in [-0.1, -0.05) is 0 Å². The smallest absolute Gasteiger partial charge is 0.416 e. The van der Waals surface area contributed by atoms with E-state index in [2.05, 4.69) is 5.32 Å². The van der Waals surface area contributed by atoms with Crippen molar-refractivity contribution in [3.63, 3.8) is 0 Å². The molecule has 1 unspecified atom stereocenters. The van der Waals surface area contributed by atoms with E-state index in [0.717, 1.165) is 29.7 Å². The number of benzene rings is 2. The summed E-state index contributed by atoms with van der Waals surface area (Å²) in [5.74, 6) is 1.04. The summed E-state index contributed by atoms with van der Waals surface area (Å²) < 4.78 is 48.7. The first-order chi connectivity index (χ1) is 13.7. The number of hydrogen-bond acceptors (Lipinski definition) is 4. The predicted molar refractivity (Wildman–Crippen MR) is 103 cm³/mol. The van der Waals surface area contributed by atoms with Crippen molar-refractivity contribution in [3.05, 3.63) is 53.1 Å². The molecule has 0 spiro atoms. The maximum atomic E-state index is 12.7. The number of amides is 1. The number of methoxy groups -OCH3 is 2. The minimum absolute atomic E-state index is 0.270. The summed E-state index contributed by atoms with van der Waals surface area (Å²) in [5.41, 5.74) is 1.79. The van der Waals surface area contributed by atoms with Gasteiger partial charge in [-0.15, -0.1) is 0 Å². The van der Waals surface area contributed by atoms with Crippen LogP contribution in [-0.2, 0) is 23.9 Å². The third kappa shape index (κ3) is 4.64. The molecule has 2 aromatic carbocycles. The third-order valence-corrected chi connectivity index (χ3v) is 5.15. The Morgan fingerprint density at radius 1 is 1.07 bits per heavy atom. The molecule has 1 amide bonds. The summed E-state index contributed by atoms with van der Waals surface area (Å²) in [6.07, 6.45) is -3.64. The average molecular weight is 408 g/mol. The number of halogens is 3. The monoisotopic (exact) mass is 408 g/mol. The predicted octanol–water partition coefficient (Wildman–Crippen LogP) is 4.11. The number of anilines is 1. The molecule has 0 aliphatic carbocycles. The summed E-state index contributed by atoms with van der Waals surface area (Å²) in [6, 6.07) is 7.86. The molecule has 8 heteroatoms. The van der Waals surface area contributed by atoms with E-state index in [-0.39, 0.29) is 5.91 Å². The Hall–Kier alpha value is -2.74. The molecule has 0 bridgehead atoms. The molecule has 3 rings (SSSR count). The fraction of sp³-hybridized carbons (Fsp3) is 0.381. The van der Waals surface area contributed by atoms with Gasteiger partial charge >= 0.3 is 6.18 Å². The molecule has 5 nitrogen and oxygen atoms in total. The van der Waals surface area contributed by atoms with Gasteiger partial charge in [0.25, 0.3) is 0 Å². The highest BCUT2D eigenvalue weighted by molar-refractivity contribution is 5.94. The van der Waals surface area contributed by atoms with Gasteiger partial charge in [0.1, 0.15) is 0 Å². The van der Waals surface area contributed by atoms with Crippen LogP contribution in [0.25, 0.3) is 0 Å². The van der Waals surface area contributed by atoms with Crippen molar-refractivity contribution >= 4 is 11.6 Å². The second-order valence-electron chi connectivity index (χ2n) is 6.94. The van der Waals surface area contributed by atoms with Crippen molar-refractivity contribution in [2.45, 2.75) is 32.1 Å². The van der Waals surface area contributed by atoms with Crippen molar-refractivity contribution in [1.29, 1.82) is 0 Å². The zero-order valence-corrected chi connectivity index (χ0v) is 16.5. The lowest BCUT2D eigenvalue weighted by Gasteiger charge is -2.33. The molecule has 1 heterocycles. The lowest BCUT2D eigenvalue weighted by molar-refractivity contribution is -0.137. The summed E-state index contributed by atoms with van der Waals surface area (Å²) in [6.45, 7) is 3.03. The Morgan fingerprint density at radius 3 is 2.21 bits per heavy atom. The van der Waals surface area contributed by atoms with Gasteiger partial charge in [-0.05, 0) is 60.9 Å². The summed E-state index contributed by atoms with van der Waals surface area (Å²) in [4.78, 5) is 14.6. The van der Waals surface area contributed by atoms with Crippen molar-refractivity contribution in [2.75, 3.05) is 26.1 Å². The molecule has 0 radical (unpaired) electrons. The Balaban J connectivity index is 1.68. The average Bonchev–Trinajstić information content (AvgIpc) is 2.71. The van der Waals surface area contributed by atoms with Crippen LogP contribution in [-0.4, -0.2) is 37.6 Å². The van der Waals surface area contributed by atoms with E-state index < -0.39 is 17.8 Å². The summed E-state index contributed by atoms with van der Waals surface area (Å²) in [7, 11) is 3.16. The Labute approximate surface area is 167 Å². The van der Waals surface area contributed by atoms with Crippen molar-refractivity contribution < 1.29 is 27.4 Å². The van der Waals surface area contributed by atoms with Crippen LogP contribution < -0.4 is 14.8 Å². The molecule has 0 saturated heterocycles. The highest BCUT2D eigenvalue weighted by atomic mass is 19.4. The molecule has 29 heavy (non-hydrogen) atoms. The van der Waals surface area contributed by atoms with E-state index in [0.29, 0.717) is 30.3 Å². The van der Waals surface area contributed by atoms with Crippen LogP contribution in [0.3, 0.4) is 0 Å². The lowest BCUT2D eigenvalue weighted by atomic mass is 9.97. The fourth-order valence-corrected chi connectivity index (χ4v) is 3.39. The molecule has 1 N–H and O–H groups in total. The molecular weight excluding hydrogens is 385 g/mol. The second kappa shape index (κ2) is 8.32. The number of nitrogens with one attached hydrogen (secondary N) is 1. The van der Waals surface area contributed by atoms with Crippen molar-refractivity contribution in [2.24, 2.45) is 0 Å². The van der Waals surface area contributed by atoms with E-state index >= 15 is 0 Å². The van der Waals surface area contributed by atoms with Gasteiger partial charge < -0.3 is 14.8 Å². The first-order valence-electron chi connectivity index (χ1n) is 9.19. The lowest BCUT2D eigenvalue weighted by Crippen LogP contribution is -2.44. The third-order valence-electron chi connectivity index (χ3n) is 5.15. The molecule has 1 aliphatic heterocycles. The van der Waals surface area contributed by atoms with Crippen LogP contribution in [0.2, 0.25) is 0 Å². The quantitative estimate of drug-likeness (QED) is 0.809. The van der Waals surface area contributed by atoms with Crippen LogP contribution in [0.15, 0.2) is 36.4 Å². The number of fused-ring (bicyclic) bond motifs is 1. The van der Waals surface area contributed by atoms with E-state index in [4.69, 9.17) is 9.47 Å². The maximum Gasteiger partial charge on any atom is 0.416 e. The number of alkyl halides is 3. The largest absolute Gasteiger partial charge is 0.493 e. The Kier molecular flexibility index (Phi) is 6.02. The molecule has 1 atom stereocenters. The molecular formula is C21H23F3N2O3. The number of nitrogens with zero attached hydrogens (tertiary/aromatic N) is 1. The molecule has 0 aromatic heterocycles. The SMILES string of the molecule is COc1cc2c(cc1OC)CN(C(C)C(=O)Nc1ccc(C(F)(F)F)cc1)CC2. The number of rotatable bonds is 5. The van der Waals surface area contributed by atoms with Crippen LogP contribution in [0.5, 0.6) is 11.5 Å². The molecule has 1 aliphatic rings. The van der Waals surface area contributed by atoms with Gasteiger partial charge in [0.2, 0.25) is 5.91 Å². The van der Waals surface area contributed by atoms with Gasteiger partial charge in [0, 0.05) is 18.8 Å². The van der Waals surface area contributed by atoms with Crippen LogP contribution in [0.4, 0.5) is 18.9 Å². The van der Waals surface area contributed by atoms with Gasteiger partial charge in [-0.2, -0.15) is 13.2 Å². The van der Waals surface area contributed by atoms with Crippen molar-refractivity contribution in [3.8, 4) is 11.5 Å². The van der Waals surface area contributed by atoms with E-state index in [1.54, 1.807) is 21.1 Å². The molecule has 0 saturated carbocycles. The fourth-order valence-electron chi connectivity index (χ4n) is 3.39. The minimum Gasteiger partial charge on any atom is -0.493 e. The standard InChI is InChI=1S/C21H23F3N2O3/c1-13(20(27)25-17-6-4-16(5-7-17)21(22,23)24)26-9-8-14-10-18(28-2)19(29-3)11-15(14)12-26/h4-7,10-11,13H,8-9,12H2,1-3H3,(H,25,27). The highest BCUT2D eigenvalue weighted by Gasteiger charge is 2.30. The molecule has 156 valence electrons. The van der Waals surface area contributed by atoms with Crippen LogP contribution in [0, 0.1) is 0 Å². The van der Waals surface area contributed by atoms with Crippen LogP contribution >= 0.6 is 0 Å². The Bertz CT molecular complexity index is 882. The van der Waals surface area contributed by atoms with Crippen molar-refractivity contribution in [1.82, 2.24) is 4.90 Å². The second-order valence-corrected chi connectivity index (χ2v) is 6.94. The molecule has 0 fully saturated rings. The van der Waals surface area contributed by atoms with Gasteiger partial charge in [-0.3, -0.25) is 9.69 Å². The topological polar surface area (TPSA) is 50.8 Å². The number of carbonyl (C=O) groups is 1. The van der Waals surface area contributed by atoms with Gasteiger partial charge in [0.05, 0.1) is 25.8 Å².